The number of carboxylic acid groups (broad SMARTS) is 1. The number of ether oxygens (including phenoxy) is 1. The van der Waals surface area contributed by atoms with Gasteiger partial charge in [-0.15, -0.1) is 11.3 Å². The normalized spacial score (nSPS) is 16.0. The van der Waals surface area contributed by atoms with Crippen LogP contribution in [0.4, 0.5) is 4.79 Å². The number of urea groups is 1. The molecule has 0 bridgehead atoms. The standard InChI is InChI=1S/C13H19N3O4S/c1-20-7-9-2-4-16(5-3-9)13(19)14-6-11-15-10(8-21-11)12(17)18/h8-9H,2-7H2,1H3,(H,14,19)(H,17,18). The molecule has 1 fully saturated rings. The number of hydrogen-bond donors (Lipinski definition) is 2. The Hall–Kier alpha value is -1.67. The first-order valence-corrected chi connectivity index (χ1v) is 7.67. The molecule has 2 N–H and O–H groups in total. The molecule has 116 valence electrons. The van der Waals surface area contributed by atoms with E-state index in [2.05, 4.69) is 10.3 Å². The van der Waals surface area contributed by atoms with Crippen LogP contribution in [0.5, 0.6) is 0 Å². The Labute approximate surface area is 126 Å². The predicted molar refractivity (Wildman–Crippen MR) is 77.5 cm³/mol. The van der Waals surface area contributed by atoms with E-state index in [1.54, 1.807) is 12.0 Å². The number of carbonyl (C=O) groups is 2. The van der Waals surface area contributed by atoms with Crippen molar-refractivity contribution in [3.05, 3.63) is 16.1 Å². The van der Waals surface area contributed by atoms with E-state index in [0.717, 1.165) is 32.5 Å². The summed E-state index contributed by atoms with van der Waals surface area (Å²) in [7, 11) is 1.69. The highest BCUT2D eigenvalue weighted by Crippen LogP contribution is 2.17. The number of thiazole rings is 1. The van der Waals surface area contributed by atoms with Crippen LogP contribution in [0.3, 0.4) is 0 Å². The molecule has 1 aliphatic rings. The fraction of sp³-hybridized carbons (Fsp3) is 0.615. The summed E-state index contributed by atoms with van der Waals surface area (Å²) in [6.07, 6.45) is 1.89. The lowest BCUT2D eigenvalue weighted by Gasteiger charge is -2.31. The second-order valence-corrected chi connectivity index (χ2v) is 5.92. The van der Waals surface area contributed by atoms with Crippen molar-refractivity contribution < 1.29 is 19.4 Å². The lowest BCUT2D eigenvalue weighted by atomic mass is 9.98. The Morgan fingerprint density at radius 3 is 2.81 bits per heavy atom. The van der Waals surface area contributed by atoms with Crippen molar-refractivity contribution in [2.75, 3.05) is 26.8 Å². The number of hydrogen-bond acceptors (Lipinski definition) is 5. The lowest BCUT2D eigenvalue weighted by molar-refractivity contribution is 0.0691. The summed E-state index contributed by atoms with van der Waals surface area (Å²) in [5.41, 5.74) is 0.0182. The third-order valence-electron chi connectivity index (χ3n) is 3.47. The minimum Gasteiger partial charge on any atom is -0.476 e. The van der Waals surface area contributed by atoms with Gasteiger partial charge in [-0.3, -0.25) is 0 Å². The van der Waals surface area contributed by atoms with Gasteiger partial charge in [0, 0.05) is 32.2 Å². The van der Waals surface area contributed by atoms with Gasteiger partial charge in [-0.2, -0.15) is 0 Å². The molecule has 2 rings (SSSR count). The van der Waals surface area contributed by atoms with Crippen molar-refractivity contribution in [2.24, 2.45) is 5.92 Å². The van der Waals surface area contributed by atoms with E-state index in [1.165, 1.54) is 16.7 Å². The highest BCUT2D eigenvalue weighted by molar-refractivity contribution is 7.09. The summed E-state index contributed by atoms with van der Waals surface area (Å²) >= 11 is 1.23. The SMILES string of the molecule is COCC1CCN(C(=O)NCc2nc(C(=O)O)cs2)CC1. The van der Waals surface area contributed by atoms with Gasteiger partial charge in [0.15, 0.2) is 5.69 Å². The third kappa shape index (κ3) is 4.40. The molecule has 0 saturated carbocycles. The van der Waals surface area contributed by atoms with Crippen molar-refractivity contribution in [2.45, 2.75) is 19.4 Å². The number of nitrogens with zero attached hydrogens (tertiary/aromatic N) is 2. The molecule has 8 heteroatoms. The number of methoxy groups -OCH3 is 1. The number of aromatic nitrogens is 1. The van der Waals surface area contributed by atoms with E-state index >= 15 is 0 Å². The van der Waals surface area contributed by atoms with Gasteiger partial charge in [-0.25, -0.2) is 14.6 Å². The zero-order valence-corrected chi connectivity index (χ0v) is 12.7. The van der Waals surface area contributed by atoms with Crippen molar-refractivity contribution in [3.8, 4) is 0 Å². The molecule has 1 aliphatic heterocycles. The molecule has 1 saturated heterocycles. The van der Waals surface area contributed by atoms with Gasteiger partial charge < -0.3 is 20.1 Å². The van der Waals surface area contributed by atoms with Crippen molar-refractivity contribution in [1.82, 2.24) is 15.2 Å². The summed E-state index contributed by atoms with van der Waals surface area (Å²) < 4.78 is 5.13. The van der Waals surface area contributed by atoms with Crippen LogP contribution in [0, 0.1) is 5.92 Å². The number of aromatic carboxylic acids is 1. The first kappa shape index (κ1) is 15.7. The fourth-order valence-corrected chi connectivity index (χ4v) is 3.00. The minimum absolute atomic E-state index is 0.0182. The Morgan fingerprint density at radius 2 is 2.24 bits per heavy atom. The first-order chi connectivity index (χ1) is 10.1. The molecule has 0 aliphatic carbocycles. The van der Waals surface area contributed by atoms with Crippen LogP contribution in [0.15, 0.2) is 5.38 Å². The maximum absolute atomic E-state index is 12.0. The summed E-state index contributed by atoms with van der Waals surface area (Å²) in [4.78, 5) is 28.5. The molecule has 2 amide bonds. The summed E-state index contributed by atoms with van der Waals surface area (Å²) in [6, 6.07) is -0.127. The maximum atomic E-state index is 12.0. The monoisotopic (exact) mass is 313 g/mol. The molecular formula is C13H19N3O4S. The number of rotatable bonds is 5. The van der Waals surface area contributed by atoms with Crippen LogP contribution in [-0.4, -0.2) is 53.8 Å². The van der Waals surface area contributed by atoms with E-state index in [4.69, 9.17) is 9.84 Å². The summed E-state index contributed by atoms with van der Waals surface area (Å²) in [6.45, 7) is 2.44. The minimum atomic E-state index is -1.05. The third-order valence-corrected chi connectivity index (χ3v) is 4.31. The number of carbonyl (C=O) groups excluding carboxylic acids is 1. The smallest absolute Gasteiger partial charge is 0.355 e. The van der Waals surface area contributed by atoms with Crippen molar-refractivity contribution >= 4 is 23.3 Å². The fourth-order valence-electron chi connectivity index (χ4n) is 2.29. The van der Waals surface area contributed by atoms with Gasteiger partial charge in [-0.1, -0.05) is 0 Å². The quantitative estimate of drug-likeness (QED) is 0.857. The zero-order chi connectivity index (χ0) is 15.2. The predicted octanol–water partition coefficient (Wildman–Crippen LogP) is 1.41. The number of amides is 2. The van der Waals surface area contributed by atoms with E-state index in [1.807, 2.05) is 0 Å². The second-order valence-electron chi connectivity index (χ2n) is 4.98. The lowest BCUT2D eigenvalue weighted by Crippen LogP contribution is -2.44. The average Bonchev–Trinajstić information content (AvgIpc) is 2.95. The van der Waals surface area contributed by atoms with E-state index in [-0.39, 0.29) is 18.3 Å². The van der Waals surface area contributed by atoms with Gasteiger partial charge in [-0.05, 0) is 18.8 Å². The van der Waals surface area contributed by atoms with Crippen LogP contribution >= 0.6 is 11.3 Å². The second kappa shape index (κ2) is 7.37. The Bertz CT molecular complexity index is 497. The molecular weight excluding hydrogens is 294 g/mol. The zero-order valence-electron chi connectivity index (χ0n) is 11.9. The van der Waals surface area contributed by atoms with E-state index < -0.39 is 5.97 Å². The largest absolute Gasteiger partial charge is 0.476 e. The van der Waals surface area contributed by atoms with Gasteiger partial charge in [0.25, 0.3) is 0 Å². The molecule has 1 aromatic rings. The first-order valence-electron chi connectivity index (χ1n) is 6.79. The maximum Gasteiger partial charge on any atom is 0.355 e. The Kier molecular flexibility index (Phi) is 5.51. The molecule has 0 radical (unpaired) electrons. The Balaban J connectivity index is 1.75. The van der Waals surface area contributed by atoms with Crippen LogP contribution in [0.2, 0.25) is 0 Å². The van der Waals surface area contributed by atoms with Crippen LogP contribution in [-0.2, 0) is 11.3 Å². The van der Waals surface area contributed by atoms with Gasteiger partial charge in [0.05, 0.1) is 6.54 Å². The van der Waals surface area contributed by atoms with Gasteiger partial charge in [0.1, 0.15) is 5.01 Å². The molecule has 0 spiro atoms. The molecule has 0 atom stereocenters. The molecule has 0 aromatic carbocycles. The molecule has 7 nitrogen and oxygen atoms in total. The van der Waals surface area contributed by atoms with Crippen LogP contribution < -0.4 is 5.32 Å². The molecule has 1 aromatic heterocycles. The highest BCUT2D eigenvalue weighted by atomic mass is 32.1. The van der Waals surface area contributed by atoms with Crippen LogP contribution in [0.1, 0.15) is 28.3 Å². The molecule has 21 heavy (non-hydrogen) atoms. The summed E-state index contributed by atoms with van der Waals surface area (Å²) in [5.74, 6) is -0.528. The van der Waals surface area contributed by atoms with Crippen molar-refractivity contribution in [1.29, 1.82) is 0 Å². The number of nitrogens with one attached hydrogen (secondary N) is 1. The van der Waals surface area contributed by atoms with Gasteiger partial charge >= 0.3 is 12.0 Å². The van der Waals surface area contributed by atoms with E-state index in [0.29, 0.717) is 10.9 Å². The summed E-state index contributed by atoms with van der Waals surface area (Å²) in [5, 5.41) is 13.6. The number of carboxylic acids is 1. The average molecular weight is 313 g/mol. The number of likely N-dealkylation sites (tertiary alicyclic amines) is 1. The topological polar surface area (TPSA) is 91.8 Å². The highest BCUT2D eigenvalue weighted by Gasteiger charge is 2.22. The van der Waals surface area contributed by atoms with Crippen LogP contribution in [0.25, 0.3) is 0 Å². The Morgan fingerprint density at radius 1 is 1.52 bits per heavy atom. The van der Waals surface area contributed by atoms with Gasteiger partial charge in [0.2, 0.25) is 0 Å². The number of piperidine rings is 1. The molecule has 2 heterocycles. The van der Waals surface area contributed by atoms with Crippen molar-refractivity contribution in [3.63, 3.8) is 0 Å². The molecule has 0 unspecified atom stereocenters. The van der Waals surface area contributed by atoms with E-state index in [9.17, 15) is 9.59 Å².